The Labute approximate surface area is 403 Å². The van der Waals surface area contributed by atoms with E-state index in [-0.39, 0.29) is 95.7 Å². The van der Waals surface area contributed by atoms with Gasteiger partial charge in [-0.2, -0.15) is 0 Å². The lowest BCUT2D eigenvalue weighted by Crippen LogP contribution is -2.63. The molecule has 9 rings (SSSR count). The number of fused-ring (bicyclic) bond motifs is 6. The molecule has 364 valence electrons. The van der Waals surface area contributed by atoms with Gasteiger partial charge in [0.1, 0.15) is 35.0 Å². The average molecular weight is 970 g/mol. The van der Waals surface area contributed by atoms with Crippen LogP contribution in [0.25, 0.3) is 22.0 Å². The van der Waals surface area contributed by atoms with Crippen LogP contribution in [-0.2, 0) is 30.5 Å². The first kappa shape index (κ1) is 48.0. The number of rotatable bonds is 14. The Bertz CT molecular complexity index is 2750. The van der Waals surface area contributed by atoms with E-state index in [2.05, 4.69) is 15.2 Å². The predicted octanol–water partition coefficient (Wildman–Crippen LogP) is 7.65. The largest absolute Gasteiger partial charge is 0.426 e. The summed E-state index contributed by atoms with van der Waals surface area (Å²) < 4.78 is 52.7. The van der Waals surface area contributed by atoms with Crippen LogP contribution in [0.15, 0.2) is 42.6 Å². The van der Waals surface area contributed by atoms with E-state index in [1.54, 1.807) is 23.6 Å². The van der Waals surface area contributed by atoms with Gasteiger partial charge < -0.3 is 29.2 Å². The summed E-state index contributed by atoms with van der Waals surface area (Å²) in [5, 5.41) is 2.52. The molecule has 69 heavy (non-hydrogen) atoms. The molecule has 4 aromatic rings. The fraction of sp³-hybridized carbons (Fsp3) is 0.471. The number of piperazine rings is 1. The van der Waals surface area contributed by atoms with Crippen molar-refractivity contribution < 1.29 is 46.7 Å². The van der Waals surface area contributed by atoms with Gasteiger partial charge in [0.2, 0.25) is 17.7 Å². The third kappa shape index (κ3) is 9.27. The van der Waals surface area contributed by atoms with Gasteiger partial charge >= 0.3 is 5.97 Å². The van der Waals surface area contributed by atoms with Gasteiger partial charge in [0.25, 0.3) is 11.8 Å². The minimum Gasteiger partial charge on any atom is -0.426 e. The number of piperidine rings is 2. The number of aromatic nitrogens is 1. The fourth-order valence-electron chi connectivity index (χ4n) is 10.9. The highest BCUT2D eigenvalue weighted by Crippen LogP contribution is 2.48. The molecule has 14 nitrogen and oxygen atoms in total. The molecule has 0 radical (unpaired) electrons. The van der Waals surface area contributed by atoms with Crippen LogP contribution < -0.4 is 19.9 Å². The number of carbonyl (C=O) groups excluding carboxylic acids is 6. The zero-order valence-electron chi connectivity index (χ0n) is 38.8. The third-order valence-electron chi connectivity index (χ3n) is 14.4. The van der Waals surface area contributed by atoms with Crippen molar-refractivity contribution in [1.82, 2.24) is 25.0 Å². The van der Waals surface area contributed by atoms with Crippen LogP contribution in [0.1, 0.15) is 112 Å². The van der Waals surface area contributed by atoms with Crippen molar-refractivity contribution in [2.75, 3.05) is 55.6 Å². The molecule has 1 unspecified atom stereocenters. The van der Waals surface area contributed by atoms with Gasteiger partial charge in [-0.15, -0.1) is 0 Å². The number of likely N-dealkylation sites (tertiary alicyclic amines) is 1. The molecular weight excluding hydrogens is 915 g/mol. The highest BCUT2D eigenvalue weighted by molar-refractivity contribution is 6.35. The smallest absolute Gasteiger partial charge is 0.310 e. The predicted molar refractivity (Wildman–Crippen MR) is 252 cm³/mol. The summed E-state index contributed by atoms with van der Waals surface area (Å²) in [7, 11) is 0. The van der Waals surface area contributed by atoms with Crippen LogP contribution in [0.4, 0.5) is 24.5 Å². The van der Waals surface area contributed by atoms with Crippen molar-refractivity contribution in [1.29, 1.82) is 0 Å². The van der Waals surface area contributed by atoms with Crippen molar-refractivity contribution in [2.24, 2.45) is 0 Å². The van der Waals surface area contributed by atoms with Crippen molar-refractivity contribution in [2.45, 2.75) is 109 Å². The number of esters is 1. The Kier molecular flexibility index (Phi) is 14.0. The number of pyridine rings is 1. The molecule has 1 aromatic heterocycles. The summed E-state index contributed by atoms with van der Waals surface area (Å²) >= 11 is 6.84. The van der Waals surface area contributed by atoms with Crippen LogP contribution in [0.5, 0.6) is 5.75 Å². The first-order chi connectivity index (χ1) is 33.3. The second-order valence-corrected chi connectivity index (χ2v) is 19.0. The maximum Gasteiger partial charge on any atom is 0.310 e. The van der Waals surface area contributed by atoms with E-state index >= 15 is 8.78 Å². The highest BCUT2D eigenvalue weighted by atomic mass is 35.5. The maximum atomic E-state index is 16.8. The maximum absolute atomic E-state index is 16.8. The molecule has 3 aromatic carbocycles. The number of carbonyl (C=O) groups is 6. The second kappa shape index (κ2) is 20.1. The minimum absolute atomic E-state index is 0.0136. The lowest BCUT2D eigenvalue weighted by atomic mass is 9.85. The van der Waals surface area contributed by atoms with Crippen molar-refractivity contribution in [3.63, 3.8) is 0 Å². The van der Waals surface area contributed by atoms with Gasteiger partial charge in [-0.05, 0) is 99.1 Å². The molecule has 0 spiro atoms. The number of imide groups is 1. The van der Waals surface area contributed by atoms with Gasteiger partial charge in [-0.25, -0.2) is 13.2 Å². The van der Waals surface area contributed by atoms with E-state index in [0.29, 0.717) is 48.4 Å². The molecule has 0 bridgehead atoms. The van der Waals surface area contributed by atoms with Gasteiger partial charge in [0.05, 0.1) is 34.7 Å². The number of unbranched alkanes of at least 4 members (excludes halogenated alkanes) is 4. The Morgan fingerprint density at radius 3 is 2.35 bits per heavy atom. The molecule has 3 fully saturated rings. The standard InChI is InChI=1S/C51H55ClF3N7O7/c1-3-42(64)59-21-22-60-39(28-59)51(68)61(38-26-56-47-33(48(38)60)25-35(52)44(46(47)55)45-36(54)11-10-12-40(45)69-43(65)4-2)18-9-7-5-6-8-17-58-19-15-29(16-20-58)31-23-30(53)24-32-34(31)27-62(50(32)67)37-13-14-41(63)57-49(37)66/h10-12,23-26,29,37,39H,3-9,13-22,27-28H2,1-2H3,(H,57,63,66)/t37?,39-/m1/s1. The SMILES string of the molecule is CCC(=O)Oc1cccc(F)c1-c1c(Cl)cc2c3c(cnc2c1F)N(CCCCCCCN1CCC(c2cc(F)cc4c2CN(C2CCC(=O)NC2=O)C4=O)CC1)C(=O)[C@H]1CN(C(=O)CC)CCN31. The molecule has 3 saturated heterocycles. The highest BCUT2D eigenvalue weighted by Gasteiger charge is 2.44. The molecule has 5 aliphatic heterocycles. The number of ether oxygens (including phenoxy) is 1. The number of hydrogen-bond donors (Lipinski definition) is 1. The normalized spacial score (nSPS) is 19.8. The number of nitrogens with one attached hydrogen (secondary N) is 1. The summed E-state index contributed by atoms with van der Waals surface area (Å²) in [5.74, 6) is -4.43. The Morgan fingerprint density at radius 2 is 1.61 bits per heavy atom. The van der Waals surface area contributed by atoms with E-state index in [1.165, 1.54) is 41.4 Å². The zero-order chi connectivity index (χ0) is 48.7. The zero-order valence-corrected chi connectivity index (χ0v) is 39.5. The molecule has 0 saturated carbocycles. The number of amides is 5. The summed E-state index contributed by atoms with van der Waals surface area (Å²) in [5.41, 5.74) is 2.24. The number of nitrogens with zero attached hydrogens (tertiary/aromatic N) is 6. The molecule has 6 heterocycles. The lowest BCUT2D eigenvalue weighted by molar-refractivity contribution is -0.137. The van der Waals surface area contributed by atoms with E-state index in [0.717, 1.165) is 75.4 Å². The molecule has 5 aliphatic rings. The summed E-state index contributed by atoms with van der Waals surface area (Å²) in [6.45, 7) is 7.34. The Hall–Kier alpha value is -6.07. The van der Waals surface area contributed by atoms with Crippen molar-refractivity contribution in [3.05, 3.63) is 81.8 Å². The van der Waals surface area contributed by atoms with Crippen molar-refractivity contribution in [3.8, 4) is 16.9 Å². The Morgan fingerprint density at radius 1 is 0.855 bits per heavy atom. The van der Waals surface area contributed by atoms with Gasteiger partial charge in [-0.3, -0.25) is 39.1 Å². The van der Waals surface area contributed by atoms with E-state index in [9.17, 15) is 33.2 Å². The van der Waals surface area contributed by atoms with E-state index in [1.807, 2.05) is 4.90 Å². The lowest BCUT2D eigenvalue weighted by Gasteiger charge is -2.48. The molecular formula is C51H55ClF3N7O7. The topological polar surface area (TPSA) is 153 Å². The van der Waals surface area contributed by atoms with E-state index in [4.69, 9.17) is 16.3 Å². The second-order valence-electron chi connectivity index (χ2n) is 18.6. The van der Waals surface area contributed by atoms with Crippen LogP contribution in [0, 0.1) is 17.5 Å². The average Bonchev–Trinajstić information content (AvgIpc) is 3.66. The van der Waals surface area contributed by atoms with Crippen LogP contribution in [-0.4, -0.2) is 113 Å². The van der Waals surface area contributed by atoms with Gasteiger partial charge in [0, 0.05) is 62.0 Å². The van der Waals surface area contributed by atoms with Crippen molar-refractivity contribution >= 4 is 69.4 Å². The number of anilines is 2. The summed E-state index contributed by atoms with van der Waals surface area (Å²) in [6, 6.07) is 6.68. The molecule has 5 amide bonds. The number of benzene rings is 3. The van der Waals surface area contributed by atoms with Gasteiger partial charge in [-0.1, -0.05) is 50.8 Å². The minimum atomic E-state index is -0.907. The first-order valence-electron chi connectivity index (χ1n) is 24.1. The molecule has 1 N–H and O–H groups in total. The van der Waals surface area contributed by atoms with Crippen LogP contribution in [0.3, 0.4) is 0 Å². The fourth-order valence-corrected chi connectivity index (χ4v) is 11.1. The number of hydrogen-bond acceptors (Lipinski definition) is 10. The van der Waals surface area contributed by atoms with Crippen LogP contribution in [0.2, 0.25) is 5.02 Å². The quantitative estimate of drug-likeness (QED) is 0.0578. The first-order valence-corrected chi connectivity index (χ1v) is 24.5. The Balaban J connectivity index is 0.837. The summed E-state index contributed by atoms with van der Waals surface area (Å²) in [6.07, 6.45) is 8.18. The monoisotopic (exact) mass is 969 g/mol. The summed E-state index contributed by atoms with van der Waals surface area (Å²) in [4.78, 5) is 90.9. The third-order valence-corrected chi connectivity index (χ3v) is 14.7. The van der Waals surface area contributed by atoms with Crippen LogP contribution >= 0.6 is 11.6 Å². The number of halogens is 4. The van der Waals surface area contributed by atoms with E-state index < -0.39 is 41.4 Å². The molecule has 18 heteroatoms. The van der Waals surface area contributed by atoms with Gasteiger partial charge in [0.15, 0.2) is 5.82 Å². The molecule has 2 atom stereocenters. The molecule has 0 aliphatic carbocycles.